The van der Waals surface area contributed by atoms with E-state index >= 15 is 0 Å². The summed E-state index contributed by atoms with van der Waals surface area (Å²) in [5, 5.41) is 2.23. The number of carbonyl (C=O) groups is 1. The largest absolute Gasteiger partial charge is 0.697 e. The molecule has 5 aromatic rings. The number of methoxy groups -OCH3 is 2. The lowest BCUT2D eigenvalue weighted by Gasteiger charge is -2.39. The highest BCUT2D eigenvalue weighted by Crippen LogP contribution is 2.45. The smallest absolute Gasteiger partial charge is 0.497 e. The number of hydrogen-bond donors (Lipinski definition) is 2. The normalized spacial score (nSPS) is 20.6. The average molecular weight is 1020 g/mol. The first-order valence-electron chi connectivity index (χ1n) is 23.1. The van der Waals surface area contributed by atoms with Gasteiger partial charge in [0.2, 0.25) is 0 Å². The van der Waals surface area contributed by atoms with Gasteiger partial charge in [-0.15, -0.1) is 9.05 Å². The topological polar surface area (TPSA) is 219 Å². The van der Waals surface area contributed by atoms with Crippen molar-refractivity contribution in [1.29, 1.82) is 0 Å². The average Bonchev–Trinajstić information content (AvgIpc) is 3.94. The molecule has 2 saturated heterocycles. The molecule has 1 unspecified atom stereocenters. The molecular formula is C50H61N5O14PSi+. The van der Waals surface area contributed by atoms with E-state index in [0.717, 1.165) is 16.7 Å². The third-order valence-electron chi connectivity index (χ3n) is 13.0. The lowest BCUT2D eigenvalue weighted by molar-refractivity contribution is -0.0925. The fourth-order valence-corrected chi connectivity index (χ4v) is 10.3. The molecule has 19 nitrogen and oxygen atoms in total. The van der Waals surface area contributed by atoms with Gasteiger partial charge in [0, 0.05) is 35.4 Å². The Balaban J connectivity index is 1.19. The van der Waals surface area contributed by atoms with Crippen LogP contribution in [0, 0.1) is 6.92 Å². The van der Waals surface area contributed by atoms with E-state index in [9.17, 15) is 23.7 Å². The molecule has 0 bridgehead atoms. The van der Waals surface area contributed by atoms with Crippen LogP contribution in [0.2, 0.25) is 18.1 Å². The molecular weight excluding hydrogens is 954 g/mol. The molecule has 2 aliphatic heterocycles. The Morgan fingerprint density at radius 3 is 2.01 bits per heavy atom. The van der Waals surface area contributed by atoms with Crippen LogP contribution in [0.4, 0.5) is 10.6 Å². The SMILES string of the molecule is C=CCOC(=O)Nc1ccn([C@H]2C[C@H](O[P+](=O)OC[C@H]3O[C@@H](n4cc(C)c(=O)[nH]c4=O)C[C@@H]3O[Si](C)(C)C(C)(C)C)[C@@H](COC(c3ccccc3)(c3ccc(OC)cc3)c3ccc(OC)cc3)O2)c(=O)n1. The molecule has 0 radical (unpaired) electrons. The van der Waals surface area contributed by atoms with Gasteiger partial charge in [-0.3, -0.25) is 24.2 Å². The Labute approximate surface area is 413 Å². The van der Waals surface area contributed by atoms with E-state index in [1.165, 1.54) is 33.7 Å². The first-order valence-corrected chi connectivity index (χ1v) is 27.1. The van der Waals surface area contributed by atoms with Gasteiger partial charge < -0.3 is 32.8 Å². The molecule has 2 N–H and O–H groups in total. The third kappa shape index (κ3) is 12.2. The van der Waals surface area contributed by atoms with Crippen molar-refractivity contribution in [2.75, 3.05) is 39.4 Å². The van der Waals surface area contributed by atoms with E-state index in [1.54, 1.807) is 21.1 Å². The minimum Gasteiger partial charge on any atom is -0.497 e. The number of carbonyl (C=O) groups excluding carboxylic acids is 1. The fourth-order valence-electron chi connectivity index (χ4n) is 8.17. The fraction of sp³-hybridized carbons (Fsp3) is 0.420. The number of rotatable bonds is 20. The first kappa shape index (κ1) is 52.7. The zero-order valence-electron chi connectivity index (χ0n) is 41.0. The maximum Gasteiger partial charge on any atom is 0.697 e. The molecule has 2 fully saturated rings. The van der Waals surface area contributed by atoms with Crippen molar-refractivity contribution >= 4 is 28.5 Å². The lowest BCUT2D eigenvalue weighted by atomic mass is 9.80. The van der Waals surface area contributed by atoms with Crippen LogP contribution >= 0.6 is 8.25 Å². The van der Waals surface area contributed by atoms with Gasteiger partial charge in [-0.1, -0.05) is 88.0 Å². The highest BCUT2D eigenvalue weighted by atomic mass is 31.1. The molecule has 378 valence electrons. The minimum atomic E-state index is -2.92. The van der Waals surface area contributed by atoms with E-state index < -0.39 is 82.1 Å². The summed E-state index contributed by atoms with van der Waals surface area (Å²) in [5.41, 5.74) is -0.593. The van der Waals surface area contributed by atoms with E-state index in [0.29, 0.717) is 17.1 Å². The van der Waals surface area contributed by atoms with Crippen LogP contribution in [0.3, 0.4) is 0 Å². The number of benzene rings is 3. The summed E-state index contributed by atoms with van der Waals surface area (Å²) in [6, 6.07) is 26.0. The lowest BCUT2D eigenvalue weighted by Crippen LogP contribution is -2.46. The number of nitrogens with zero attached hydrogens (tertiary/aromatic N) is 3. The summed E-state index contributed by atoms with van der Waals surface area (Å²) in [6.45, 7) is 15.1. The molecule has 2 aromatic heterocycles. The van der Waals surface area contributed by atoms with Crippen molar-refractivity contribution < 1.29 is 51.3 Å². The monoisotopic (exact) mass is 1010 g/mol. The molecule has 21 heteroatoms. The maximum absolute atomic E-state index is 14.1. The van der Waals surface area contributed by atoms with Gasteiger partial charge >= 0.3 is 25.7 Å². The van der Waals surface area contributed by atoms with Gasteiger partial charge in [0.1, 0.15) is 66.9 Å². The quantitative estimate of drug-likeness (QED) is 0.0328. The summed E-state index contributed by atoms with van der Waals surface area (Å²) >= 11 is 0. The first-order chi connectivity index (χ1) is 33.8. The summed E-state index contributed by atoms with van der Waals surface area (Å²) in [5.74, 6) is 1.22. The van der Waals surface area contributed by atoms with Crippen LogP contribution in [0.25, 0.3) is 0 Å². The van der Waals surface area contributed by atoms with Crippen LogP contribution in [0.15, 0.2) is 124 Å². The Bertz CT molecular complexity index is 2790. The number of aromatic amines is 1. The molecule has 0 saturated carbocycles. The summed E-state index contributed by atoms with van der Waals surface area (Å²) < 4.78 is 71.8. The molecule has 1 amide bonds. The minimum absolute atomic E-state index is 0.00873. The van der Waals surface area contributed by atoms with Gasteiger partial charge in [0.05, 0.1) is 26.9 Å². The van der Waals surface area contributed by atoms with Crippen molar-refractivity contribution in [1.82, 2.24) is 19.1 Å². The Kier molecular flexibility index (Phi) is 16.7. The van der Waals surface area contributed by atoms with Crippen LogP contribution in [0.5, 0.6) is 11.5 Å². The Morgan fingerprint density at radius 2 is 1.44 bits per heavy atom. The molecule has 71 heavy (non-hydrogen) atoms. The van der Waals surface area contributed by atoms with Crippen molar-refractivity contribution in [2.45, 2.75) is 101 Å². The van der Waals surface area contributed by atoms with E-state index in [2.05, 4.69) is 55.7 Å². The molecule has 7 rings (SSSR count). The van der Waals surface area contributed by atoms with Gasteiger partial charge in [-0.25, -0.2) is 14.4 Å². The third-order valence-corrected chi connectivity index (χ3v) is 18.3. The second-order valence-corrected chi connectivity index (χ2v) is 24.3. The second-order valence-electron chi connectivity index (χ2n) is 18.6. The predicted molar refractivity (Wildman–Crippen MR) is 266 cm³/mol. The standard InChI is InChI=1S/C50H60N5O14PSi/c1-10-26-63-48(59)52-42-24-25-54(46(57)51-42)43-27-38(68-70(60)65-31-41-39(69-71(8,9)49(3,4)5)28-44(67-41)55-29-32(2)45(56)53-47(55)58)40(66-43)30-64-50(33-14-12-11-13-15-33,34-16-20-36(61-6)21-17-34)35-18-22-37(62-7)23-19-35/h10-25,29,38-41,43-44H,1,26-28,30-31H2,2-9H3,(H-,51,52,53,56,57,58,59)/p+1/t38-,39-,40+,41+,43+,44+/m0/s1. The number of aromatic nitrogens is 4. The highest BCUT2D eigenvalue weighted by Gasteiger charge is 2.49. The number of anilines is 1. The van der Waals surface area contributed by atoms with Gasteiger partial charge in [0.15, 0.2) is 8.32 Å². The highest BCUT2D eigenvalue weighted by molar-refractivity contribution is 7.33. The number of nitrogens with one attached hydrogen (secondary N) is 2. The number of H-pyrrole nitrogens is 1. The summed E-state index contributed by atoms with van der Waals surface area (Å²) in [6.07, 6.45) is -1.50. The molecule has 4 heterocycles. The van der Waals surface area contributed by atoms with Crippen LogP contribution in [-0.4, -0.2) is 92.0 Å². The summed E-state index contributed by atoms with van der Waals surface area (Å²) in [7, 11) is -2.18. The summed E-state index contributed by atoms with van der Waals surface area (Å²) in [4.78, 5) is 57.4. The maximum atomic E-state index is 14.1. The zero-order chi connectivity index (χ0) is 51.1. The van der Waals surface area contributed by atoms with E-state index in [4.69, 9.17) is 41.9 Å². The van der Waals surface area contributed by atoms with Gasteiger partial charge in [0.25, 0.3) is 5.56 Å². The van der Waals surface area contributed by atoms with Crippen molar-refractivity contribution in [3.8, 4) is 11.5 Å². The Hall–Kier alpha value is -6.09. The predicted octanol–water partition coefficient (Wildman–Crippen LogP) is 7.89. The van der Waals surface area contributed by atoms with E-state index in [-0.39, 0.29) is 43.5 Å². The Morgan fingerprint density at radius 1 is 0.859 bits per heavy atom. The molecule has 0 aliphatic carbocycles. The van der Waals surface area contributed by atoms with Crippen LogP contribution in [-0.2, 0) is 42.6 Å². The molecule has 7 atom stereocenters. The van der Waals surface area contributed by atoms with Crippen LogP contribution in [0.1, 0.15) is 68.3 Å². The van der Waals surface area contributed by atoms with Crippen molar-refractivity contribution in [3.63, 3.8) is 0 Å². The van der Waals surface area contributed by atoms with Crippen LogP contribution < -0.4 is 31.7 Å². The number of hydrogen-bond acceptors (Lipinski definition) is 15. The number of aryl methyl sites for hydroxylation is 1. The number of ether oxygens (including phenoxy) is 6. The number of amides is 1. The second kappa shape index (κ2) is 22.5. The van der Waals surface area contributed by atoms with Crippen molar-refractivity contribution in [3.05, 3.63) is 164 Å². The molecule has 0 spiro atoms. The van der Waals surface area contributed by atoms with Gasteiger partial charge in [-0.05, 0) is 72.1 Å². The molecule has 3 aromatic carbocycles. The van der Waals surface area contributed by atoms with Gasteiger partial charge in [-0.2, -0.15) is 4.98 Å². The van der Waals surface area contributed by atoms with E-state index in [1.807, 2.05) is 78.9 Å². The van der Waals surface area contributed by atoms with Crippen molar-refractivity contribution in [2.24, 2.45) is 0 Å². The zero-order valence-corrected chi connectivity index (χ0v) is 42.9. The molecule has 2 aliphatic rings.